The molecule has 2 rings (SSSR count). The van der Waals surface area contributed by atoms with Crippen LogP contribution in [0.2, 0.25) is 0 Å². The zero-order valence-corrected chi connectivity index (χ0v) is 11.4. The lowest BCUT2D eigenvalue weighted by molar-refractivity contribution is -0.384. The van der Waals surface area contributed by atoms with Crippen molar-refractivity contribution in [3.63, 3.8) is 0 Å². The first-order valence-electron chi connectivity index (χ1n) is 6.32. The second-order valence-corrected chi connectivity index (χ2v) is 4.00. The van der Waals surface area contributed by atoms with Gasteiger partial charge in [-0.2, -0.15) is 5.10 Å². The van der Waals surface area contributed by atoms with Crippen LogP contribution in [0.5, 0.6) is 5.75 Å². The summed E-state index contributed by atoms with van der Waals surface area (Å²) < 4.78 is 5.33. The molecule has 0 saturated carbocycles. The molecular weight excluding hydrogens is 272 g/mol. The monoisotopic (exact) mass is 286 g/mol. The van der Waals surface area contributed by atoms with Gasteiger partial charge in [-0.25, -0.2) is 4.98 Å². The quantitative estimate of drug-likeness (QED) is 0.501. The molecule has 0 aliphatic heterocycles. The fraction of sp³-hybridized carbons (Fsp3) is 0.143. The molecule has 0 saturated heterocycles. The topological polar surface area (TPSA) is 89.7 Å². The molecule has 1 aromatic heterocycles. The Morgan fingerprint density at radius 2 is 2.14 bits per heavy atom. The lowest BCUT2D eigenvalue weighted by Crippen LogP contribution is -1.99. The Bertz CT molecular complexity index is 641. The highest BCUT2D eigenvalue weighted by molar-refractivity contribution is 5.80. The number of nitro groups is 1. The molecule has 0 radical (unpaired) electrons. The lowest BCUT2D eigenvalue weighted by Gasteiger charge is -2.02. The number of aromatic nitrogens is 1. The number of pyridine rings is 1. The van der Waals surface area contributed by atoms with E-state index in [1.807, 2.05) is 31.2 Å². The SMILES string of the molecule is CCOc1ccc(/C=N\Nc2ncccc2[N+](=O)[O-])cc1. The van der Waals surface area contributed by atoms with Crippen LogP contribution in [-0.2, 0) is 0 Å². The van der Waals surface area contributed by atoms with E-state index in [9.17, 15) is 10.1 Å². The van der Waals surface area contributed by atoms with Crippen molar-refractivity contribution in [2.45, 2.75) is 6.92 Å². The molecule has 1 heterocycles. The third-order valence-corrected chi connectivity index (χ3v) is 2.56. The third kappa shape index (κ3) is 4.00. The second-order valence-electron chi connectivity index (χ2n) is 4.00. The van der Waals surface area contributed by atoms with Crippen LogP contribution < -0.4 is 10.2 Å². The second kappa shape index (κ2) is 6.99. The number of hydrogen-bond donors (Lipinski definition) is 1. The highest BCUT2D eigenvalue weighted by atomic mass is 16.6. The maximum atomic E-state index is 10.8. The van der Waals surface area contributed by atoms with Gasteiger partial charge in [0.05, 0.1) is 17.7 Å². The highest BCUT2D eigenvalue weighted by Gasteiger charge is 2.12. The minimum absolute atomic E-state index is 0.102. The molecule has 0 aliphatic rings. The summed E-state index contributed by atoms with van der Waals surface area (Å²) in [5.41, 5.74) is 3.28. The van der Waals surface area contributed by atoms with Crippen LogP contribution in [0.15, 0.2) is 47.7 Å². The van der Waals surface area contributed by atoms with Gasteiger partial charge in [-0.3, -0.25) is 15.5 Å². The van der Waals surface area contributed by atoms with E-state index in [0.717, 1.165) is 11.3 Å². The number of rotatable bonds is 6. The smallest absolute Gasteiger partial charge is 0.313 e. The van der Waals surface area contributed by atoms with Crippen LogP contribution in [0, 0.1) is 10.1 Å². The fourth-order valence-corrected chi connectivity index (χ4v) is 1.62. The van der Waals surface area contributed by atoms with Crippen LogP contribution in [0.4, 0.5) is 11.5 Å². The van der Waals surface area contributed by atoms with Crippen molar-refractivity contribution in [2.24, 2.45) is 5.10 Å². The van der Waals surface area contributed by atoms with Gasteiger partial charge in [0.2, 0.25) is 5.82 Å². The summed E-state index contributed by atoms with van der Waals surface area (Å²) >= 11 is 0. The van der Waals surface area contributed by atoms with E-state index in [0.29, 0.717) is 6.61 Å². The van der Waals surface area contributed by atoms with Gasteiger partial charge in [0, 0.05) is 12.3 Å². The summed E-state index contributed by atoms with van der Waals surface area (Å²) in [5, 5.41) is 14.8. The van der Waals surface area contributed by atoms with Gasteiger partial charge in [0.1, 0.15) is 5.75 Å². The average molecular weight is 286 g/mol. The van der Waals surface area contributed by atoms with Crippen molar-refractivity contribution >= 4 is 17.7 Å². The van der Waals surface area contributed by atoms with Gasteiger partial charge in [-0.1, -0.05) is 0 Å². The first-order valence-corrected chi connectivity index (χ1v) is 6.32. The van der Waals surface area contributed by atoms with Crippen molar-refractivity contribution in [3.05, 3.63) is 58.3 Å². The van der Waals surface area contributed by atoms with Crippen molar-refractivity contribution in [2.75, 3.05) is 12.0 Å². The molecule has 2 aromatic rings. The van der Waals surface area contributed by atoms with E-state index < -0.39 is 4.92 Å². The summed E-state index contributed by atoms with van der Waals surface area (Å²) in [6, 6.07) is 10.2. The first-order chi connectivity index (χ1) is 10.2. The van der Waals surface area contributed by atoms with Crippen LogP contribution in [0.3, 0.4) is 0 Å². The molecule has 7 nitrogen and oxygen atoms in total. The van der Waals surface area contributed by atoms with Gasteiger partial charge >= 0.3 is 5.69 Å². The van der Waals surface area contributed by atoms with E-state index in [1.54, 1.807) is 6.21 Å². The standard InChI is InChI=1S/C14H14N4O3/c1-2-21-12-7-5-11(6-8-12)10-16-17-14-13(18(19)20)4-3-9-15-14/h3-10H,2H2,1H3,(H,15,17)/b16-10-. The molecule has 0 atom stereocenters. The summed E-state index contributed by atoms with van der Waals surface area (Å²) in [5.74, 6) is 0.882. The van der Waals surface area contributed by atoms with Crippen LogP contribution in [0.1, 0.15) is 12.5 Å². The molecule has 7 heteroatoms. The predicted molar refractivity (Wildman–Crippen MR) is 79.7 cm³/mol. The van der Waals surface area contributed by atoms with Crippen LogP contribution in [-0.4, -0.2) is 22.7 Å². The Balaban J connectivity index is 2.04. The van der Waals surface area contributed by atoms with E-state index >= 15 is 0 Å². The molecule has 0 spiro atoms. The van der Waals surface area contributed by atoms with Gasteiger partial charge in [0.15, 0.2) is 0 Å². The van der Waals surface area contributed by atoms with Gasteiger partial charge in [0.25, 0.3) is 0 Å². The molecular formula is C14H14N4O3. The Morgan fingerprint density at radius 3 is 2.81 bits per heavy atom. The normalized spacial score (nSPS) is 10.5. The molecule has 0 fully saturated rings. The molecule has 1 aromatic carbocycles. The maximum Gasteiger partial charge on any atom is 0.313 e. The van der Waals surface area contributed by atoms with E-state index in [-0.39, 0.29) is 11.5 Å². The molecule has 0 bridgehead atoms. The molecule has 0 unspecified atom stereocenters. The number of nitrogens with one attached hydrogen (secondary N) is 1. The maximum absolute atomic E-state index is 10.8. The molecule has 0 amide bonds. The Morgan fingerprint density at radius 1 is 1.38 bits per heavy atom. The van der Waals surface area contributed by atoms with Gasteiger partial charge in [-0.15, -0.1) is 0 Å². The molecule has 1 N–H and O–H groups in total. The zero-order valence-electron chi connectivity index (χ0n) is 11.4. The van der Waals surface area contributed by atoms with E-state index in [2.05, 4.69) is 15.5 Å². The van der Waals surface area contributed by atoms with Gasteiger partial charge in [-0.05, 0) is 42.8 Å². The number of nitrogens with zero attached hydrogens (tertiary/aromatic N) is 3. The minimum atomic E-state index is -0.512. The van der Waals surface area contributed by atoms with Crippen LogP contribution >= 0.6 is 0 Å². The number of hydrazone groups is 1. The number of ether oxygens (including phenoxy) is 1. The molecule has 21 heavy (non-hydrogen) atoms. The van der Waals surface area contributed by atoms with E-state index in [1.165, 1.54) is 18.3 Å². The number of hydrogen-bond acceptors (Lipinski definition) is 6. The summed E-state index contributed by atoms with van der Waals surface area (Å²) in [6.45, 7) is 2.53. The largest absolute Gasteiger partial charge is 0.494 e. The molecule has 108 valence electrons. The summed E-state index contributed by atoms with van der Waals surface area (Å²) in [6.07, 6.45) is 3.01. The van der Waals surface area contributed by atoms with E-state index in [4.69, 9.17) is 4.74 Å². The summed E-state index contributed by atoms with van der Waals surface area (Å²) in [7, 11) is 0. The Hall–Kier alpha value is -2.96. The average Bonchev–Trinajstić information content (AvgIpc) is 2.50. The predicted octanol–water partition coefficient (Wildman–Crippen LogP) is 2.83. The van der Waals surface area contributed by atoms with Crippen LogP contribution in [0.25, 0.3) is 0 Å². The third-order valence-electron chi connectivity index (χ3n) is 2.56. The number of anilines is 1. The number of benzene rings is 1. The highest BCUT2D eigenvalue weighted by Crippen LogP contribution is 2.20. The van der Waals surface area contributed by atoms with Crippen molar-refractivity contribution < 1.29 is 9.66 Å². The lowest BCUT2D eigenvalue weighted by atomic mass is 10.2. The Kier molecular flexibility index (Phi) is 4.81. The summed E-state index contributed by atoms with van der Waals surface area (Å²) in [4.78, 5) is 14.2. The van der Waals surface area contributed by atoms with Crippen molar-refractivity contribution in [1.82, 2.24) is 4.98 Å². The van der Waals surface area contributed by atoms with Crippen molar-refractivity contribution in [3.8, 4) is 5.75 Å². The van der Waals surface area contributed by atoms with Crippen molar-refractivity contribution in [1.29, 1.82) is 0 Å². The first kappa shape index (κ1) is 14.4. The zero-order chi connectivity index (χ0) is 15.1. The Labute approximate surface area is 121 Å². The molecule has 0 aliphatic carbocycles. The fourth-order valence-electron chi connectivity index (χ4n) is 1.62. The van der Waals surface area contributed by atoms with Gasteiger partial charge < -0.3 is 4.74 Å². The minimum Gasteiger partial charge on any atom is -0.494 e.